The van der Waals surface area contributed by atoms with Gasteiger partial charge in [0.25, 0.3) is 11.8 Å². The fourth-order valence-electron chi connectivity index (χ4n) is 2.79. The fourth-order valence-corrected chi connectivity index (χ4v) is 2.96. The number of pyridine rings is 1. The number of amides is 2. The highest BCUT2D eigenvalue weighted by Crippen LogP contribution is 2.24. The van der Waals surface area contributed by atoms with Gasteiger partial charge in [0.1, 0.15) is 22.7 Å². The number of halogens is 2. The molecule has 125 valence electrons. The van der Waals surface area contributed by atoms with E-state index in [9.17, 15) is 14.0 Å². The molecule has 2 aromatic heterocycles. The highest BCUT2D eigenvalue weighted by Gasteiger charge is 2.29. The summed E-state index contributed by atoms with van der Waals surface area (Å²) >= 11 is 5.83. The number of carbonyl (C=O) groups is 2. The SMILES string of the molecule is O=C(NC1Cc2ccc(F)cc2[N]C1=O)c1cc2cc(Cl)ncc2[nH]1. The maximum Gasteiger partial charge on any atom is 0.269 e. The van der Waals surface area contributed by atoms with Crippen LogP contribution in [0.25, 0.3) is 10.9 Å². The average molecular weight is 358 g/mol. The lowest BCUT2D eigenvalue weighted by molar-refractivity contribution is -0.122. The van der Waals surface area contributed by atoms with E-state index in [1.165, 1.54) is 18.3 Å². The molecule has 2 amide bonds. The number of hydrogen-bond acceptors (Lipinski definition) is 3. The van der Waals surface area contributed by atoms with Crippen molar-refractivity contribution >= 4 is 40.0 Å². The average Bonchev–Trinajstić information content (AvgIpc) is 2.99. The number of H-pyrrole nitrogens is 1. The Morgan fingerprint density at radius 2 is 2.16 bits per heavy atom. The third-order valence-corrected chi connectivity index (χ3v) is 4.23. The van der Waals surface area contributed by atoms with E-state index in [1.807, 2.05) is 0 Å². The Bertz CT molecular complexity index is 1020. The first-order chi connectivity index (χ1) is 12.0. The molecule has 1 unspecified atom stereocenters. The lowest BCUT2D eigenvalue weighted by Gasteiger charge is -2.23. The molecular formula is C17H11ClFN4O2. The van der Waals surface area contributed by atoms with Crippen molar-refractivity contribution in [1.82, 2.24) is 20.6 Å². The minimum Gasteiger partial charge on any atom is -0.349 e. The van der Waals surface area contributed by atoms with Gasteiger partial charge in [-0.2, -0.15) is 0 Å². The smallest absolute Gasteiger partial charge is 0.269 e. The topological polar surface area (TPSA) is 88.9 Å². The first-order valence-corrected chi connectivity index (χ1v) is 7.86. The van der Waals surface area contributed by atoms with Crippen LogP contribution < -0.4 is 10.6 Å². The van der Waals surface area contributed by atoms with Crippen LogP contribution in [0.1, 0.15) is 16.1 Å². The summed E-state index contributed by atoms with van der Waals surface area (Å²) in [5.41, 5.74) is 1.97. The molecule has 6 nitrogen and oxygen atoms in total. The van der Waals surface area contributed by atoms with E-state index in [4.69, 9.17) is 11.6 Å². The summed E-state index contributed by atoms with van der Waals surface area (Å²) in [6.07, 6.45) is 1.79. The number of nitrogens with zero attached hydrogens (tertiary/aromatic N) is 2. The molecule has 25 heavy (non-hydrogen) atoms. The molecule has 1 atom stereocenters. The van der Waals surface area contributed by atoms with Crippen LogP contribution >= 0.6 is 11.6 Å². The number of aromatic amines is 1. The van der Waals surface area contributed by atoms with Gasteiger partial charge in [-0.05, 0) is 29.8 Å². The molecule has 1 radical (unpaired) electrons. The molecule has 4 rings (SSSR count). The number of hydrogen-bond donors (Lipinski definition) is 2. The molecule has 8 heteroatoms. The first kappa shape index (κ1) is 15.6. The maximum atomic E-state index is 13.2. The summed E-state index contributed by atoms with van der Waals surface area (Å²) in [5, 5.41) is 7.58. The number of benzene rings is 1. The summed E-state index contributed by atoms with van der Waals surface area (Å²) in [7, 11) is 0. The van der Waals surface area contributed by atoms with Crippen molar-refractivity contribution < 1.29 is 14.0 Å². The predicted molar refractivity (Wildman–Crippen MR) is 89.3 cm³/mol. The van der Waals surface area contributed by atoms with Crippen LogP contribution in [-0.4, -0.2) is 27.8 Å². The van der Waals surface area contributed by atoms with Crippen LogP contribution in [0.3, 0.4) is 0 Å². The van der Waals surface area contributed by atoms with Crippen molar-refractivity contribution in [1.29, 1.82) is 0 Å². The Morgan fingerprint density at radius 3 is 3.00 bits per heavy atom. The highest BCUT2D eigenvalue weighted by atomic mass is 35.5. The standard InChI is InChI=1S/C17H11ClFN4O2/c18-15-5-9-4-12(21-14(9)7-20-15)16(24)23-13-3-8-1-2-10(19)6-11(8)22-17(13)25/h1-2,4-7,13,21H,3H2,(H,23,24). The van der Waals surface area contributed by atoms with Crippen molar-refractivity contribution in [2.75, 3.05) is 0 Å². The molecule has 1 aromatic carbocycles. The van der Waals surface area contributed by atoms with Crippen LogP contribution in [-0.2, 0) is 11.2 Å². The molecule has 1 aliphatic heterocycles. The van der Waals surface area contributed by atoms with E-state index < -0.39 is 23.7 Å². The van der Waals surface area contributed by atoms with Crippen molar-refractivity contribution in [2.45, 2.75) is 12.5 Å². The number of nitrogens with one attached hydrogen (secondary N) is 2. The Morgan fingerprint density at radius 1 is 1.32 bits per heavy atom. The zero-order valence-electron chi connectivity index (χ0n) is 12.7. The minimum atomic E-state index is -0.793. The van der Waals surface area contributed by atoms with Gasteiger partial charge in [0, 0.05) is 11.8 Å². The van der Waals surface area contributed by atoms with Gasteiger partial charge in [-0.15, -0.1) is 0 Å². The molecule has 0 bridgehead atoms. The van der Waals surface area contributed by atoms with Gasteiger partial charge in [-0.1, -0.05) is 17.7 Å². The second-order valence-corrected chi connectivity index (χ2v) is 6.12. The van der Waals surface area contributed by atoms with Gasteiger partial charge in [0.2, 0.25) is 0 Å². The molecule has 0 saturated carbocycles. The van der Waals surface area contributed by atoms with Crippen LogP contribution in [0.15, 0.2) is 36.5 Å². The van der Waals surface area contributed by atoms with Gasteiger partial charge < -0.3 is 10.3 Å². The fraction of sp³-hybridized carbons (Fsp3) is 0.118. The van der Waals surface area contributed by atoms with Gasteiger partial charge in [0.05, 0.1) is 17.4 Å². The lowest BCUT2D eigenvalue weighted by Crippen LogP contribution is -2.47. The van der Waals surface area contributed by atoms with Crippen molar-refractivity contribution in [3.05, 3.63) is 58.8 Å². The first-order valence-electron chi connectivity index (χ1n) is 7.49. The molecule has 2 N–H and O–H groups in total. The summed E-state index contributed by atoms with van der Waals surface area (Å²) < 4.78 is 13.2. The zero-order valence-corrected chi connectivity index (χ0v) is 13.5. The Balaban J connectivity index is 1.55. The Kier molecular flexibility index (Phi) is 3.65. The second-order valence-electron chi connectivity index (χ2n) is 5.73. The van der Waals surface area contributed by atoms with Crippen LogP contribution in [0.5, 0.6) is 0 Å². The van der Waals surface area contributed by atoms with E-state index in [1.54, 1.807) is 18.2 Å². The molecule has 0 saturated heterocycles. The summed E-state index contributed by atoms with van der Waals surface area (Å²) in [5.74, 6) is -1.40. The molecular weight excluding hydrogens is 347 g/mol. The normalized spacial score (nSPS) is 16.4. The maximum absolute atomic E-state index is 13.2. The van der Waals surface area contributed by atoms with Crippen molar-refractivity contribution in [2.24, 2.45) is 0 Å². The van der Waals surface area contributed by atoms with Crippen LogP contribution in [0.2, 0.25) is 5.15 Å². The van der Waals surface area contributed by atoms with Gasteiger partial charge >= 0.3 is 0 Å². The Hall–Kier alpha value is -2.93. The van der Waals surface area contributed by atoms with Crippen LogP contribution in [0, 0.1) is 5.82 Å². The summed E-state index contributed by atoms with van der Waals surface area (Å²) in [6.45, 7) is 0. The number of fused-ring (bicyclic) bond motifs is 2. The van der Waals surface area contributed by atoms with E-state index >= 15 is 0 Å². The van der Waals surface area contributed by atoms with Gasteiger partial charge in [0.15, 0.2) is 0 Å². The number of rotatable bonds is 2. The largest absolute Gasteiger partial charge is 0.349 e. The third kappa shape index (κ3) is 2.94. The molecule has 1 aliphatic rings. The van der Waals surface area contributed by atoms with Gasteiger partial charge in [-0.3, -0.25) is 9.59 Å². The Labute approximate surface area is 146 Å². The highest BCUT2D eigenvalue weighted by molar-refractivity contribution is 6.30. The van der Waals surface area contributed by atoms with Crippen LogP contribution in [0.4, 0.5) is 10.1 Å². The summed E-state index contributed by atoms with van der Waals surface area (Å²) in [4.78, 5) is 31.4. The predicted octanol–water partition coefficient (Wildman–Crippen LogP) is 2.47. The van der Waals surface area contributed by atoms with E-state index in [2.05, 4.69) is 20.6 Å². The molecule has 3 aromatic rings. The molecule has 0 aliphatic carbocycles. The minimum absolute atomic E-state index is 0.261. The second kappa shape index (κ2) is 5.86. The monoisotopic (exact) mass is 357 g/mol. The quantitative estimate of drug-likeness (QED) is 0.690. The van der Waals surface area contributed by atoms with E-state index in [-0.39, 0.29) is 12.1 Å². The number of aromatic nitrogens is 2. The number of carbonyl (C=O) groups excluding carboxylic acids is 2. The molecule has 0 fully saturated rings. The van der Waals surface area contributed by atoms with E-state index in [0.29, 0.717) is 21.9 Å². The third-order valence-electron chi connectivity index (χ3n) is 4.02. The summed E-state index contributed by atoms with van der Waals surface area (Å²) in [6, 6.07) is 6.55. The zero-order chi connectivity index (χ0) is 17.6. The van der Waals surface area contributed by atoms with Crippen molar-refractivity contribution in [3.8, 4) is 0 Å². The van der Waals surface area contributed by atoms with E-state index in [0.717, 1.165) is 5.39 Å². The molecule has 3 heterocycles. The van der Waals surface area contributed by atoms with Gasteiger partial charge in [-0.25, -0.2) is 14.7 Å². The lowest BCUT2D eigenvalue weighted by atomic mass is 9.99. The van der Waals surface area contributed by atoms with Crippen molar-refractivity contribution in [3.63, 3.8) is 0 Å². The molecule has 0 spiro atoms.